The first kappa shape index (κ1) is 26.1. The van der Waals surface area contributed by atoms with E-state index in [1.54, 1.807) is 0 Å². The van der Waals surface area contributed by atoms with Gasteiger partial charge in [0, 0.05) is 13.1 Å². The molecule has 5 aliphatic carbocycles. The van der Waals surface area contributed by atoms with Crippen molar-refractivity contribution in [3.05, 3.63) is 0 Å². The second kappa shape index (κ2) is 9.32. The molecule has 1 N–H and O–H groups in total. The number of hydrogen-bond acceptors (Lipinski definition) is 2. The standard InChI is InChI=1S/C32H56N2O/c1-21(2)22-14-16-32(29(35)33-19-20-34(6)7)18-17-31(5)26-13-12-25-23(9-8-15-30(25,3)4)24(26)10-11-27(31)28(22)32/h21-28H,8-20H2,1-7H3,(H,33,35)/t22-,23?,24+,25+,26?,27?,28+,31-,32?/m0/s1. The van der Waals surface area contributed by atoms with Crippen molar-refractivity contribution in [2.24, 2.45) is 63.6 Å². The lowest BCUT2D eigenvalue weighted by atomic mass is 9.39. The summed E-state index contributed by atoms with van der Waals surface area (Å²) in [4.78, 5) is 16.1. The molecule has 3 nitrogen and oxygen atoms in total. The third-order valence-electron chi connectivity index (χ3n) is 13.0. The van der Waals surface area contributed by atoms with Crippen molar-refractivity contribution in [3.8, 4) is 0 Å². The van der Waals surface area contributed by atoms with Crippen molar-refractivity contribution in [1.82, 2.24) is 10.2 Å². The van der Waals surface area contributed by atoms with Gasteiger partial charge in [-0.2, -0.15) is 0 Å². The van der Waals surface area contributed by atoms with Gasteiger partial charge in [-0.1, -0.05) is 41.0 Å². The highest BCUT2D eigenvalue weighted by atomic mass is 16.2. The van der Waals surface area contributed by atoms with Crippen LogP contribution in [0.25, 0.3) is 0 Å². The van der Waals surface area contributed by atoms with Gasteiger partial charge in [0.05, 0.1) is 5.41 Å². The third kappa shape index (κ3) is 4.13. The van der Waals surface area contributed by atoms with Crippen LogP contribution >= 0.6 is 0 Å². The maximum Gasteiger partial charge on any atom is 0.226 e. The molecule has 0 aromatic rings. The molecule has 0 saturated heterocycles. The van der Waals surface area contributed by atoms with E-state index in [-0.39, 0.29) is 5.41 Å². The van der Waals surface area contributed by atoms with Crippen LogP contribution in [0.5, 0.6) is 0 Å². The van der Waals surface area contributed by atoms with Gasteiger partial charge in [0.1, 0.15) is 0 Å². The maximum atomic E-state index is 13.9. The number of amides is 1. The minimum absolute atomic E-state index is 0.0949. The predicted octanol–water partition coefficient (Wildman–Crippen LogP) is 7.01. The van der Waals surface area contributed by atoms with Crippen LogP contribution < -0.4 is 5.32 Å². The Labute approximate surface area is 216 Å². The zero-order chi connectivity index (χ0) is 25.2. The smallest absolute Gasteiger partial charge is 0.226 e. The molecule has 0 aromatic heterocycles. The van der Waals surface area contributed by atoms with E-state index in [0.717, 1.165) is 61.4 Å². The Hall–Kier alpha value is -0.570. The van der Waals surface area contributed by atoms with E-state index in [2.05, 4.69) is 58.9 Å². The Kier molecular flexibility index (Phi) is 6.94. The second-order valence-corrected chi connectivity index (χ2v) is 15.4. The largest absolute Gasteiger partial charge is 0.354 e. The lowest BCUT2D eigenvalue weighted by molar-refractivity contribution is -0.173. The summed E-state index contributed by atoms with van der Waals surface area (Å²) in [5.74, 6) is 6.96. The summed E-state index contributed by atoms with van der Waals surface area (Å²) in [5.41, 5.74) is 0.902. The first-order valence-corrected chi connectivity index (χ1v) is 15.4. The van der Waals surface area contributed by atoms with Gasteiger partial charge in [0.25, 0.3) is 0 Å². The fraction of sp³-hybridized carbons (Fsp3) is 0.969. The summed E-state index contributed by atoms with van der Waals surface area (Å²) >= 11 is 0. The minimum atomic E-state index is -0.0949. The number of hydrogen-bond donors (Lipinski definition) is 1. The molecule has 3 heteroatoms. The topological polar surface area (TPSA) is 32.3 Å². The van der Waals surface area contributed by atoms with Crippen LogP contribution in [-0.4, -0.2) is 38.0 Å². The first-order valence-electron chi connectivity index (χ1n) is 15.4. The van der Waals surface area contributed by atoms with E-state index in [1.165, 1.54) is 57.8 Å². The van der Waals surface area contributed by atoms with Crippen molar-refractivity contribution < 1.29 is 4.79 Å². The number of carbonyl (C=O) groups excluding carboxylic acids is 1. The number of nitrogens with one attached hydrogen (secondary N) is 1. The van der Waals surface area contributed by atoms with E-state index < -0.39 is 0 Å². The van der Waals surface area contributed by atoms with Crippen LogP contribution in [-0.2, 0) is 4.79 Å². The van der Waals surface area contributed by atoms with Crippen molar-refractivity contribution in [3.63, 3.8) is 0 Å². The third-order valence-corrected chi connectivity index (χ3v) is 13.0. The van der Waals surface area contributed by atoms with Crippen LogP contribution in [0.1, 0.15) is 105 Å². The number of likely N-dealkylation sites (N-methyl/N-ethyl adjacent to an activating group) is 1. The average molecular weight is 485 g/mol. The van der Waals surface area contributed by atoms with Gasteiger partial charge in [0.2, 0.25) is 5.91 Å². The molecule has 0 aromatic carbocycles. The van der Waals surface area contributed by atoms with Gasteiger partial charge in [0.15, 0.2) is 0 Å². The fourth-order valence-corrected chi connectivity index (χ4v) is 11.3. The van der Waals surface area contributed by atoms with Crippen molar-refractivity contribution >= 4 is 5.91 Å². The van der Waals surface area contributed by atoms with Gasteiger partial charge in [-0.05, 0) is 136 Å². The van der Waals surface area contributed by atoms with E-state index in [0.29, 0.717) is 28.6 Å². The SMILES string of the molecule is CC(C)[C@@H]1CCC2(C(=O)NCCN(C)C)CC[C@@]3(C)C4CC[C@@H]5C(CCCC5(C)C)[C@H]4CCC3[C@@H]12. The summed E-state index contributed by atoms with van der Waals surface area (Å²) in [5, 5.41) is 3.44. The Morgan fingerprint density at radius 1 is 0.857 bits per heavy atom. The molecule has 5 saturated carbocycles. The predicted molar refractivity (Wildman–Crippen MR) is 146 cm³/mol. The Bertz CT molecular complexity index is 788. The van der Waals surface area contributed by atoms with Crippen molar-refractivity contribution in [1.29, 1.82) is 0 Å². The zero-order valence-electron chi connectivity index (χ0n) is 24.2. The highest BCUT2D eigenvalue weighted by Crippen LogP contribution is 2.71. The molecule has 200 valence electrons. The Balaban J connectivity index is 1.42. The van der Waals surface area contributed by atoms with Gasteiger partial charge < -0.3 is 10.2 Å². The molecule has 5 fully saturated rings. The molecular weight excluding hydrogens is 428 g/mol. The van der Waals surface area contributed by atoms with Gasteiger partial charge in [-0.25, -0.2) is 0 Å². The fourth-order valence-electron chi connectivity index (χ4n) is 11.3. The van der Waals surface area contributed by atoms with Gasteiger partial charge in [-0.3, -0.25) is 4.79 Å². The van der Waals surface area contributed by atoms with Crippen LogP contribution in [0.3, 0.4) is 0 Å². The van der Waals surface area contributed by atoms with E-state index in [1.807, 2.05) is 0 Å². The quantitative estimate of drug-likeness (QED) is 0.455. The summed E-state index contributed by atoms with van der Waals surface area (Å²) in [6.07, 6.45) is 15.0. The summed E-state index contributed by atoms with van der Waals surface area (Å²) in [7, 11) is 4.20. The van der Waals surface area contributed by atoms with E-state index in [4.69, 9.17) is 0 Å². The molecule has 0 aliphatic heterocycles. The normalized spacial score (nSPS) is 46.5. The molecule has 1 amide bonds. The molecule has 35 heavy (non-hydrogen) atoms. The average Bonchev–Trinajstić information content (AvgIpc) is 3.19. The minimum Gasteiger partial charge on any atom is -0.354 e. The zero-order valence-corrected chi connectivity index (χ0v) is 24.2. The van der Waals surface area contributed by atoms with E-state index in [9.17, 15) is 4.79 Å². The lowest BCUT2D eigenvalue weighted by Crippen LogP contribution is -2.60. The molecule has 0 bridgehead atoms. The number of rotatable bonds is 5. The second-order valence-electron chi connectivity index (χ2n) is 15.4. The highest BCUT2D eigenvalue weighted by Gasteiger charge is 2.66. The van der Waals surface area contributed by atoms with Crippen molar-refractivity contribution in [2.45, 2.75) is 105 Å². The number of carbonyl (C=O) groups is 1. The summed E-state index contributed by atoms with van der Waals surface area (Å²) in [6.45, 7) is 14.5. The number of nitrogens with zero attached hydrogens (tertiary/aromatic N) is 1. The first-order chi connectivity index (χ1) is 16.5. The summed E-state index contributed by atoms with van der Waals surface area (Å²) in [6, 6.07) is 0. The van der Waals surface area contributed by atoms with Gasteiger partial charge >= 0.3 is 0 Å². The monoisotopic (exact) mass is 484 g/mol. The van der Waals surface area contributed by atoms with Crippen LogP contribution in [0.15, 0.2) is 0 Å². The lowest BCUT2D eigenvalue weighted by Gasteiger charge is -2.65. The molecule has 0 spiro atoms. The molecule has 0 radical (unpaired) electrons. The molecule has 0 heterocycles. The Morgan fingerprint density at radius 2 is 1.54 bits per heavy atom. The molecule has 5 rings (SSSR count). The molecular formula is C32H56N2O. The summed E-state index contributed by atoms with van der Waals surface area (Å²) < 4.78 is 0. The van der Waals surface area contributed by atoms with Crippen LogP contribution in [0.2, 0.25) is 0 Å². The number of fused-ring (bicyclic) bond motifs is 7. The Morgan fingerprint density at radius 3 is 2.26 bits per heavy atom. The van der Waals surface area contributed by atoms with Gasteiger partial charge in [-0.15, -0.1) is 0 Å². The van der Waals surface area contributed by atoms with Crippen LogP contribution in [0.4, 0.5) is 0 Å². The maximum absolute atomic E-state index is 13.9. The van der Waals surface area contributed by atoms with Crippen molar-refractivity contribution in [2.75, 3.05) is 27.2 Å². The van der Waals surface area contributed by atoms with Crippen LogP contribution in [0, 0.1) is 63.6 Å². The molecule has 4 unspecified atom stereocenters. The molecule has 9 atom stereocenters. The molecule has 5 aliphatic rings. The highest BCUT2D eigenvalue weighted by molar-refractivity contribution is 5.83. The van der Waals surface area contributed by atoms with E-state index >= 15 is 0 Å².